The van der Waals surface area contributed by atoms with E-state index in [1.54, 1.807) is 34.6 Å². The summed E-state index contributed by atoms with van der Waals surface area (Å²) in [7, 11) is 0. The summed E-state index contributed by atoms with van der Waals surface area (Å²) in [4.78, 5) is 34.5. The second-order valence-corrected chi connectivity index (χ2v) is 5.81. The van der Waals surface area contributed by atoms with Crippen LogP contribution in [0.2, 0.25) is 0 Å². The van der Waals surface area contributed by atoms with Crippen molar-refractivity contribution < 1.29 is 24.2 Å². The first-order valence-electron chi connectivity index (χ1n) is 6.46. The van der Waals surface area contributed by atoms with Crippen molar-refractivity contribution in [1.29, 1.82) is 0 Å². The molecule has 0 aromatic heterocycles. The molecule has 0 bridgehead atoms. The largest absolute Gasteiger partial charge is 0.479 e. The van der Waals surface area contributed by atoms with Crippen LogP contribution in [0, 0.1) is 18.3 Å². The molecule has 0 radical (unpaired) electrons. The molecule has 0 fully saturated rings. The summed E-state index contributed by atoms with van der Waals surface area (Å²) in [6.07, 6.45) is 4.26. The van der Waals surface area contributed by atoms with Crippen LogP contribution in [0.1, 0.15) is 34.6 Å². The number of amides is 2. The summed E-state index contributed by atoms with van der Waals surface area (Å²) in [5.74, 6) is -0.353. The van der Waals surface area contributed by atoms with Crippen LogP contribution >= 0.6 is 0 Å². The summed E-state index contributed by atoms with van der Waals surface area (Å²) < 4.78 is 5.06. The first-order chi connectivity index (χ1) is 9.47. The van der Waals surface area contributed by atoms with Gasteiger partial charge >= 0.3 is 12.1 Å². The van der Waals surface area contributed by atoms with Crippen LogP contribution in [0.25, 0.3) is 0 Å². The zero-order valence-corrected chi connectivity index (χ0v) is 12.9. The molecule has 2 amide bonds. The number of terminal acetylenes is 1. The maximum absolute atomic E-state index is 12.0. The second kappa shape index (κ2) is 7.53. The van der Waals surface area contributed by atoms with E-state index in [2.05, 4.69) is 10.6 Å². The zero-order chi connectivity index (χ0) is 16.8. The minimum Gasteiger partial charge on any atom is -0.479 e. The van der Waals surface area contributed by atoms with Crippen molar-refractivity contribution in [3.63, 3.8) is 0 Å². The molecule has 0 unspecified atom stereocenters. The third kappa shape index (κ3) is 7.20. The van der Waals surface area contributed by atoms with E-state index in [4.69, 9.17) is 16.3 Å². The molecule has 0 rings (SSSR count). The Hall–Kier alpha value is -2.23. The third-order valence-corrected chi connectivity index (χ3v) is 2.32. The van der Waals surface area contributed by atoms with Gasteiger partial charge in [0.15, 0.2) is 6.04 Å². The van der Waals surface area contributed by atoms with E-state index in [-0.39, 0.29) is 5.92 Å². The second-order valence-electron chi connectivity index (χ2n) is 5.81. The molecule has 118 valence electrons. The lowest BCUT2D eigenvalue weighted by Gasteiger charge is -2.25. The highest BCUT2D eigenvalue weighted by Crippen LogP contribution is 2.09. The Morgan fingerprint density at radius 1 is 1.19 bits per heavy atom. The van der Waals surface area contributed by atoms with Gasteiger partial charge in [-0.3, -0.25) is 4.79 Å². The number of ether oxygens (including phenoxy) is 1. The number of aliphatic carboxylic acids is 1. The molecule has 0 aromatic carbocycles. The fraction of sp³-hybridized carbons (Fsp3) is 0.643. The first kappa shape index (κ1) is 18.8. The number of carbonyl (C=O) groups is 3. The van der Waals surface area contributed by atoms with Crippen LogP contribution in [0.3, 0.4) is 0 Å². The van der Waals surface area contributed by atoms with E-state index in [0.717, 1.165) is 0 Å². The topological polar surface area (TPSA) is 105 Å². The lowest BCUT2D eigenvalue weighted by atomic mass is 10.0. The van der Waals surface area contributed by atoms with Gasteiger partial charge in [-0.05, 0) is 26.7 Å². The quantitative estimate of drug-likeness (QED) is 0.649. The van der Waals surface area contributed by atoms with E-state index in [1.807, 2.05) is 5.92 Å². The standard InChI is InChI=1S/C14H22N2O5/c1-7-9(12(18)19)15-11(17)10(8(2)3)16-13(20)21-14(4,5)6/h1,8-10H,2-6H3,(H,15,17)(H,16,20)(H,18,19)/t9-,10-/m0/s1. The van der Waals surface area contributed by atoms with Gasteiger partial charge in [-0.15, -0.1) is 6.42 Å². The van der Waals surface area contributed by atoms with Gasteiger partial charge in [0.05, 0.1) is 0 Å². The van der Waals surface area contributed by atoms with Crippen LogP contribution in [0.5, 0.6) is 0 Å². The highest BCUT2D eigenvalue weighted by Gasteiger charge is 2.29. The molecular formula is C14H22N2O5. The molecule has 0 aromatic rings. The van der Waals surface area contributed by atoms with Crippen molar-refractivity contribution in [3.8, 4) is 12.3 Å². The molecule has 7 nitrogen and oxygen atoms in total. The van der Waals surface area contributed by atoms with Gasteiger partial charge in [0.1, 0.15) is 11.6 Å². The Labute approximate surface area is 124 Å². The van der Waals surface area contributed by atoms with Crippen molar-refractivity contribution in [2.45, 2.75) is 52.3 Å². The van der Waals surface area contributed by atoms with Gasteiger partial charge in [0.25, 0.3) is 0 Å². The van der Waals surface area contributed by atoms with E-state index in [0.29, 0.717) is 0 Å². The normalized spacial score (nSPS) is 13.8. The summed E-state index contributed by atoms with van der Waals surface area (Å²) in [5.41, 5.74) is -0.704. The van der Waals surface area contributed by atoms with E-state index in [1.165, 1.54) is 0 Å². The lowest BCUT2D eigenvalue weighted by molar-refractivity contribution is -0.140. The lowest BCUT2D eigenvalue weighted by Crippen LogP contribution is -2.54. The van der Waals surface area contributed by atoms with Crippen molar-refractivity contribution in [2.24, 2.45) is 5.92 Å². The van der Waals surface area contributed by atoms with Crippen molar-refractivity contribution in [1.82, 2.24) is 10.6 Å². The van der Waals surface area contributed by atoms with Crippen LogP contribution < -0.4 is 10.6 Å². The molecular weight excluding hydrogens is 276 g/mol. The molecule has 0 heterocycles. The summed E-state index contributed by atoms with van der Waals surface area (Å²) >= 11 is 0. The predicted octanol–water partition coefficient (Wildman–Crippen LogP) is 0.738. The van der Waals surface area contributed by atoms with Crippen molar-refractivity contribution in [3.05, 3.63) is 0 Å². The summed E-state index contributed by atoms with van der Waals surface area (Å²) in [5, 5.41) is 13.4. The van der Waals surface area contributed by atoms with Gasteiger partial charge in [-0.1, -0.05) is 19.8 Å². The predicted molar refractivity (Wildman–Crippen MR) is 76.4 cm³/mol. The third-order valence-electron chi connectivity index (χ3n) is 2.32. The maximum atomic E-state index is 12.0. The van der Waals surface area contributed by atoms with Crippen molar-refractivity contribution >= 4 is 18.0 Å². The Morgan fingerprint density at radius 2 is 1.71 bits per heavy atom. The van der Waals surface area contributed by atoms with Gasteiger partial charge < -0.3 is 20.5 Å². The van der Waals surface area contributed by atoms with Gasteiger partial charge in [0, 0.05) is 0 Å². The monoisotopic (exact) mass is 298 g/mol. The fourth-order valence-corrected chi connectivity index (χ4v) is 1.38. The highest BCUT2D eigenvalue weighted by molar-refractivity contribution is 5.90. The molecule has 7 heteroatoms. The summed E-state index contributed by atoms with van der Waals surface area (Å²) in [6, 6.07) is -2.39. The number of alkyl carbamates (subject to hydrolysis) is 1. The van der Waals surface area contributed by atoms with Crippen molar-refractivity contribution in [2.75, 3.05) is 0 Å². The molecule has 0 spiro atoms. The molecule has 0 aliphatic rings. The minimum absolute atomic E-state index is 0.273. The average molecular weight is 298 g/mol. The fourth-order valence-electron chi connectivity index (χ4n) is 1.38. The van der Waals surface area contributed by atoms with E-state index < -0.39 is 35.7 Å². The first-order valence-corrected chi connectivity index (χ1v) is 6.46. The highest BCUT2D eigenvalue weighted by atomic mass is 16.6. The average Bonchev–Trinajstić information content (AvgIpc) is 2.29. The Balaban J connectivity index is 4.84. The Kier molecular flexibility index (Phi) is 6.73. The maximum Gasteiger partial charge on any atom is 0.408 e. The zero-order valence-electron chi connectivity index (χ0n) is 12.9. The van der Waals surface area contributed by atoms with Crippen LogP contribution in [0.15, 0.2) is 0 Å². The number of nitrogens with one attached hydrogen (secondary N) is 2. The van der Waals surface area contributed by atoms with Crippen LogP contribution in [0.4, 0.5) is 4.79 Å². The van der Waals surface area contributed by atoms with Crippen LogP contribution in [-0.4, -0.2) is 40.8 Å². The number of carboxylic acid groups (broad SMARTS) is 1. The molecule has 0 saturated carbocycles. The molecule has 0 aliphatic carbocycles. The van der Waals surface area contributed by atoms with Gasteiger partial charge in [0.2, 0.25) is 5.91 Å². The van der Waals surface area contributed by atoms with E-state index in [9.17, 15) is 14.4 Å². The molecule has 0 aliphatic heterocycles. The molecule has 3 N–H and O–H groups in total. The smallest absolute Gasteiger partial charge is 0.408 e. The molecule has 21 heavy (non-hydrogen) atoms. The Bertz CT molecular complexity index is 445. The van der Waals surface area contributed by atoms with Crippen LogP contribution in [-0.2, 0) is 14.3 Å². The number of carboxylic acids is 1. The van der Waals surface area contributed by atoms with Gasteiger partial charge in [-0.25, -0.2) is 9.59 Å². The number of hydrogen-bond acceptors (Lipinski definition) is 4. The number of hydrogen-bond donors (Lipinski definition) is 3. The summed E-state index contributed by atoms with van der Waals surface area (Å²) in [6.45, 7) is 8.47. The SMILES string of the molecule is C#C[C@H](NC(=O)[C@@H](NC(=O)OC(C)(C)C)C(C)C)C(=O)O. The number of rotatable bonds is 5. The van der Waals surface area contributed by atoms with E-state index >= 15 is 0 Å². The van der Waals surface area contributed by atoms with Gasteiger partial charge in [-0.2, -0.15) is 0 Å². The Morgan fingerprint density at radius 3 is 2.05 bits per heavy atom. The minimum atomic E-state index is -1.45. The number of carbonyl (C=O) groups excluding carboxylic acids is 2. The molecule has 0 saturated heterocycles. The molecule has 2 atom stereocenters.